The number of rotatable bonds is 8. The molecule has 34 heavy (non-hydrogen) atoms. The van der Waals surface area contributed by atoms with E-state index in [2.05, 4.69) is 4.90 Å². The average Bonchev–Trinajstić information content (AvgIpc) is 3.10. The van der Waals surface area contributed by atoms with Gasteiger partial charge in [-0.15, -0.1) is 0 Å². The molecule has 0 bridgehead atoms. The first-order chi connectivity index (χ1) is 16.2. The Hall–Kier alpha value is -3.52. The Morgan fingerprint density at radius 1 is 1.09 bits per heavy atom. The predicted octanol–water partition coefficient (Wildman–Crippen LogP) is 3.68. The quantitative estimate of drug-likeness (QED) is 0.275. The first kappa shape index (κ1) is 25.1. The summed E-state index contributed by atoms with van der Waals surface area (Å²) in [5, 5.41) is 11.1. The van der Waals surface area contributed by atoms with Crippen molar-refractivity contribution in [2.75, 3.05) is 33.3 Å². The Morgan fingerprint density at radius 2 is 1.71 bits per heavy atom. The lowest BCUT2D eigenvalue weighted by Crippen LogP contribution is -2.38. The van der Waals surface area contributed by atoms with Crippen LogP contribution in [0.25, 0.3) is 5.76 Å². The molecule has 8 heteroatoms. The molecule has 7 nitrogen and oxygen atoms in total. The van der Waals surface area contributed by atoms with Gasteiger partial charge in [0.1, 0.15) is 11.6 Å². The molecule has 180 valence electrons. The molecule has 0 aliphatic carbocycles. The number of ether oxygens (including phenoxy) is 1. The number of amides is 1. The van der Waals surface area contributed by atoms with Crippen LogP contribution in [-0.4, -0.2) is 65.9 Å². The monoisotopic (exact) mass is 468 g/mol. The van der Waals surface area contributed by atoms with Crippen molar-refractivity contribution in [2.24, 2.45) is 0 Å². The molecule has 0 aromatic heterocycles. The summed E-state index contributed by atoms with van der Waals surface area (Å²) in [5.41, 5.74) is 1.25. The molecule has 1 fully saturated rings. The lowest BCUT2D eigenvalue weighted by molar-refractivity contribution is -0.140. The Kier molecular flexibility index (Phi) is 7.83. The topological polar surface area (TPSA) is 87.2 Å². The number of ketones is 1. The number of methoxy groups -OCH3 is 1. The molecule has 0 saturated carbocycles. The SMILES string of the molecule is CCN(CC)CCN1C(=O)C(=O)C(=C(O)c2ccc(C)c(F)c2)[C@H]1c1ccc(C(=O)OC)cc1. The zero-order valence-electron chi connectivity index (χ0n) is 19.8. The van der Waals surface area contributed by atoms with E-state index in [1.165, 1.54) is 36.3 Å². The molecule has 2 aromatic carbocycles. The van der Waals surface area contributed by atoms with Crippen molar-refractivity contribution in [3.8, 4) is 0 Å². The third kappa shape index (κ3) is 4.87. The van der Waals surface area contributed by atoms with Gasteiger partial charge in [0, 0.05) is 18.7 Å². The van der Waals surface area contributed by atoms with Crippen molar-refractivity contribution in [1.82, 2.24) is 9.80 Å². The number of aliphatic hydroxyl groups is 1. The normalized spacial score (nSPS) is 17.5. The van der Waals surface area contributed by atoms with Crippen LogP contribution in [0.4, 0.5) is 4.39 Å². The number of halogens is 1. The number of hydrogen-bond donors (Lipinski definition) is 1. The second kappa shape index (κ2) is 10.6. The summed E-state index contributed by atoms with van der Waals surface area (Å²) in [4.78, 5) is 41.5. The molecule has 1 heterocycles. The predicted molar refractivity (Wildman–Crippen MR) is 126 cm³/mol. The second-order valence-corrected chi connectivity index (χ2v) is 8.10. The van der Waals surface area contributed by atoms with E-state index in [-0.39, 0.29) is 17.7 Å². The number of carbonyl (C=O) groups excluding carboxylic acids is 3. The standard InChI is InChI=1S/C26H29FN2O5/c1-5-28(6-2)13-14-29-22(17-9-11-18(12-10-17)26(33)34-4)21(24(31)25(29)32)23(30)19-8-7-16(3)20(27)15-19/h7-12,15,22,30H,5-6,13-14H2,1-4H3/t22-/m1/s1. The van der Waals surface area contributed by atoms with Crippen LogP contribution < -0.4 is 0 Å². The molecule has 0 spiro atoms. The highest BCUT2D eigenvalue weighted by Gasteiger charge is 2.46. The molecule has 1 aliphatic rings. The summed E-state index contributed by atoms with van der Waals surface area (Å²) in [5.74, 6) is -3.05. The average molecular weight is 469 g/mol. The third-order valence-electron chi connectivity index (χ3n) is 6.18. The highest BCUT2D eigenvalue weighted by atomic mass is 19.1. The molecule has 1 atom stereocenters. The minimum absolute atomic E-state index is 0.112. The van der Waals surface area contributed by atoms with Gasteiger partial charge in [0.25, 0.3) is 11.7 Å². The molecule has 1 N–H and O–H groups in total. The molecule has 1 amide bonds. The van der Waals surface area contributed by atoms with E-state index < -0.39 is 35.3 Å². The summed E-state index contributed by atoms with van der Waals surface area (Å²) >= 11 is 0. The summed E-state index contributed by atoms with van der Waals surface area (Å²) in [6.45, 7) is 7.96. The van der Waals surface area contributed by atoms with E-state index >= 15 is 0 Å². The molecular weight excluding hydrogens is 439 g/mol. The smallest absolute Gasteiger partial charge is 0.337 e. The van der Waals surface area contributed by atoms with E-state index in [9.17, 15) is 23.9 Å². The van der Waals surface area contributed by atoms with Gasteiger partial charge in [-0.3, -0.25) is 9.59 Å². The number of aryl methyl sites for hydroxylation is 1. The van der Waals surface area contributed by atoms with Gasteiger partial charge in [-0.2, -0.15) is 0 Å². The maximum absolute atomic E-state index is 14.2. The van der Waals surface area contributed by atoms with Gasteiger partial charge in [0.05, 0.1) is 24.3 Å². The van der Waals surface area contributed by atoms with Gasteiger partial charge in [-0.25, -0.2) is 9.18 Å². The van der Waals surface area contributed by atoms with E-state index in [0.717, 1.165) is 19.2 Å². The number of hydrogen-bond acceptors (Lipinski definition) is 6. The number of aliphatic hydroxyl groups excluding tert-OH is 1. The number of esters is 1. The highest BCUT2D eigenvalue weighted by molar-refractivity contribution is 6.46. The Labute approximate surface area is 198 Å². The van der Waals surface area contributed by atoms with Crippen LogP contribution in [0.5, 0.6) is 0 Å². The van der Waals surface area contributed by atoms with Crippen LogP contribution in [0, 0.1) is 12.7 Å². The van der Waals surface area contributed by atoms with Gasteiger partial charge in [0.2, 0.25) is 0 Å². The van der Waals surface area contributed by atoms with E-state index in [1.54, 1.807) is 19.1 Å². The molecule has 1 saturated heterocycles. The van der Waals surface area contributed by atoms with E-state index in [0.29, 0.717) is 23.2 Å². The Bertz CT molecular complexity index is 1120. The van der Waals surface area contributed by atoms with Crippen molar-refractivity contribution in [3.05, 3.63) is 76.1 Å². The van der Waals surface area contributed by atoms with Crippen molar-refractivity contribution < 1.29 is 28.6 Å². The number of nitrogens with zero attached hydrogens (tertiary/aromatic N) is 2. The van der Waals surface area contributed by atoms with Crippen LogP contribution in [-0.2, 0) is 14.3 Å². The van der Waals surface area contributed by atoms with Crippen LogP contribution in [0.15, 0.2) is 48.0 Å². The second-order valence-electron chi connectivity index (χ2n) is 8.10. The van der Waals surface area contributed by atoms with Gasteiger partial charge in [-0.05, 0) is 49.3 Å². The Balaban J connectivity index is 2.11. The maximum atomic E-state index is 14.2. The van der Waals surface area contributed by atoms with Crippen LogP contribution in [0.2, 0.25) is 0 Å². The van der Waals surface area contributed by atoms with E-state index in [4.69, 9.17) is 4.74 Å². The first-order valence-electron chi connectivity index (χ1n) is 11.2. The molecule has 1 aliphatic heterocycles. The fourth-order valence-electron chi connectivity index (χ4n) is 4.06. The van der Waals surface area contributed by atoms with Crippen molar-refractivity contribution >= 4 is 23.4 Å². The van der Waals surface area contributed by atoms with Gasteiger partial charge < -0.3 is 19.6 Å². The zero-order chi connectivity index (χ0) is 25.0. The van der Waals surface area contributed by atoms with Crippen LogP contribution in [0.1, 0.15) is 46.9 Å². The lowest BCUT2D eigenvalue weighted by Gasteiger charge is -2.28. The molecular formula is C26H29FN2O5. The molecule has 2 aromatic rings. The van der Waals surface area contributed by atoms with Crippen molar-refractivity contribution in [2.45, 2.75) is 26.8 Å². The minimum atomic E-state index is -0.883. The Morgan fingerprint density at radius 3 is 2.26 bits per heavy atom. The number of likely N-dealkylation sites (tertiary alicyclic amines) is 1. The number of benzene rings is 2. The third-order valence-corrected chi connectivity index (χ3v) is 6.18. The van der Waals surface area contributed by atoms with Crippen LogP contribution in [0.3, 0.4) is 0 Å². The van der Waals surface area contributed by atoms with Crippen LogP contribution >= 0.6 is 0 Å². The van der Waals surface area contributed by atoms with E-state index in [1.807, 2.05) is 13.8 Å². The summed E-state index contributed by atoms with van der Waals surface area (Å²) in [6, 6.07) is 9.59. The summed E-state index contributed by atoms with van der Waals surface area (Å²) < 4.78 is 18.9. The highest BCUT2D eigenvalue weighted by Crippen LogP contribution is 2.39. The molecule has 3 rings (SSSR count). The van der Waals surface area contributed by atoms with Crippen molar-refractivity contribution in [3.63, 3.8) is 0 Å². The summed E-state index contributed by atoms with van der Waals surface area (Å²) in [7, 11) is 1.28. The number of Topliss-reactive ketones (excluding diaryl/α,β-unsaturated/α-hetero) is 1. The molecule has 0 unspecified atom stereocenters. The first-order valence-corrected chi connectivity index (χ1v) is 11.2. The zero-order valence-corrected chi connectivity index (χ0v) is 19.8. The fraction of sp³-hybridized carbons (Fsp3) is 0.346. The van der Waals surface area contributed by atoms with Crippen molar-refractivity contribution in [1.29, 1.82) is 0 Å². The number of likely N-dealkylation sites (N-methyl/N-ethyl adjacent to an activating group) is 1. The molecule has 0 radical (unpaired) electrons. The van der Waals surface area contributed by atoms with Gasteiger partial charge in [-0.1, -0.05) is 38.1 Å². The van der Waals surface area contributed by atoms with Gasteiger partial charge >= 0.3 is 5.97 Å². The lowest BCUT2D eigenvalue weighted by atomic mass is 9.94. The van der Waals surface area contributed by atoms with Gasteiger partial charge in [0.15, 0.2) is 0 Å². The largest absolute Gasteiger partial charge is 0.507 e. The fourth-order valence-corrected chi connectivity index (χ4v) is 4.06. The number of carbonyl (C=O) groups is 3. The minimum Gasteiger partial charge on any atom is -0.507 e. The summed E-state index contributed by atoms with van der Waals surface area (Å²) in [6.07, 6.45) is 0. The maximum Gasteiger partial charge on any atom is 0.337 e.